The molecule has 1 fully saturated rings. The number of hydrogen-bond acceptors (Lipinski definition) is 7. The zero-order valence-electron chi connectivity index (χ0n) is 20.1. The van der Waals surface area contributed by atoms with Crippen molar-refractivity contribution in [2.45, 2.75) is 40.7 Å². The number of nitrogens with zero attached hydrogens (tertiary/aromatic N) is 2. The van der Waals surface area contributed by atoms with E-state index < -0.39 is 12.7 Å². The molecule has 2 heterocycles. The van der Waals surface area contributed by atoms with Gasteiger partial charge in [0, 0.05) is 24.4 Å². The van der Waals surface area contributed by atoms with E-state index in [4.69, 9.17) is 30.3 Å². The molecule has 1 saturated heterocycles. The summed E-state index contributed by atoms with van der Waals surface area (Å²) in [5, 5.41) is 0. The van der Waals surface area contributed by atoms with E-state index in [9.17, 15) is 4.79 Å². The average Bonchev–Trinajstić information content (AvgIpc) is 3.05. The Bertz CT molecular complexity index is 1070. The Morgan fingerprint density at radius 2 is 1.85 bits per heavy atom. The van der Waals surface area contributed by atoms with Crippen LogP contribution in [-0.4, -0.2) is 34.7 Å². The quantitative estimate of drug-likeness (QED) is 0.309. The maximum atomic E-state index is 13.2. The molecular formula is C24H31N2O5PS2. The first-order chi connectivity index (χ1) is 16.0. The van der Waals surface area contributed by atoms with Crippen LogP contribution in [0.25, 0.3) is 0 Å². The van der Waals surface area contributed by atoms with Crippen molar-refractivity contribution in [3.05, 3.63) is 71.4 Å². The second-order valence-corrected chi connectivity index (χ2v) is 14.7. The molecule has 1 aromatic carbocycles. The van der Waals surface area contributed by atoms with Crippen LogP contribution in [-0.2, 0) is 36.9 Å². The molecule has 2 aliphatic heterocycles. The molecule has 1 aliphatic carbocycles. The van der Waals surface area contributed by atoms with Crippen molar-refractivity contribution in [2.24, 2.45) is 10.8 Å². The molecule has 0 saturated carbocycles. The number of carbonyl (C=O) groups excluding carboxylic acids is 1. The van der Waals surface area contributed by atoms with Crippen LogP contribution in [0.4, 0.5) is 4.79 Å². The number of allylic oxidation sites excluding steroid dienone is 4. The van der Waals surface area contributed by atoms with Crippen LogP contribution in [0.1, 0.15) is 39.7 Å². The van der Waals surface area contributed by atoms with E-state index in [1.807, 2.05) is 60.4 Å². The number of carbonyl (C=O) groups is 1. The van der Waals surface area contributed by atoms with Gasteiger partial charge in [-0.3, -0.25) is 0 Å². The highest BCUT2D eigenvalue weighted by molar-refractivity contribution is 8.15. The van der Waals surface area contributed by atoms with Crippen molar-refractivity contribution in [3.63, 3.8) is 0 Å². The number of rotatable bonds is 6. The fourth-order valence-corrected chi connectivity index (χ4v) is 7.76. The molecule has 0 atom stereocenters. The minimum Gasteiger partial charge on any atom is -0.461 e. The minimum atomic E-state index is -2.82. The molecular weight excluding hydrogens is 491 g/mol. The van der Waals surface area contributed by atoms with Crippen molar-refractivity contribution in [1.82, 2.24) is 8.38 Å². The molecule has 1 amide bonds. The van der Waals surface area contributed by atoms with Crippen molar-refractivity contribution < 1.29 is 23.3 Å². The highest BCUT2D eigenvalue weighted by Gasteiger charge is 2.43. The third-order valence-electron chi connectivity index (χ3n) is 5.64. The molecule has 184 valence electrons. The number of ether oxygens (including phenoxy) is 2. The van der Waals surface area contributed by atoms with Gasteiger partial charge in [-0.2, -0.15) is 4.08 Å². The molecule has 10 heteroatoms. The summed E-state index contributed by atoms with van der Waals surface area (Å²) in [5.74, 6) is 1.15. The summed E-state index contributed by atoms with van der Waals surface area (Å²) in [6.07, 6.45) is 5.66. The lowest BCUT2D eigenvalue weighted by Gasteiger charge is -2.41. The Morgan fingerprint density at radius 3 is 2.53 bits per heavy atom. The van der Waals surface area contributed by atoms with Gasteiger partial charge in [0.25, 0.3) is 6.64 Å². The van der Waals surface area contributed by atoms with Crippen molar-refractivity contribution in [3.8, 4) is 0 Å². The van der Waals surface area contributed by atoms with Gasteiger partial charge >= 0.3 is 6.09 Å². The average molecular weight is 523 g/mol. The molecule has 1 aromatic rings. The van der Waals surface area contributed by atoms with Crippen LogP contribution < -0.4 is 0 Å². The predicted octanol–water partition coefficient (Wildman–Crippen LogP) is 6.53. The monoisotopic (exact) mass is 522 g/mol. The molecule has 0 bridgehead atoms. The fourth-order valence-electron chi connectivity index (χ4n) is 3.75. The fraction of sp³-hybridized carbons (Fsp3) is 0.458. The molecule has 34 heavy (non-hydrogen) atoms. The van der Waals surface area contributed by atoms with Gasteiger partial charge in [0.2, 0.25) is 0 Å². The lowest BCUT2D eigenvalue weighted by molar-refractivity contribution is 0.0499. The molecule has 0 spiro atoms. The summed E-state index contributed by atoms with van der Waals surface area (Å²) in [5.41, 5.74) is 1.60. The molecule has 4 rings (SSSR count). The van der Waals surface area contributed by atoms with Gasteiger partial charge in [-0.1, -0.05) is 64.1 Å². The van der Waals surface area contributed by atoms with Gasteiger partial charge in [0.05, 0.1) is 31.6 Å². The van der Waals surface area contributed by atoms with Crippen LogP contribution >= 0.6 is 18.8 Å². The second kappa shape index (κ2) is 9.80. The summed E-state index contributed by atoms with van der Waals surface area (Å²) in [6, 6.07) is 9.92. The standard InChI is InChI=1S/C24H31N2O5PS2/c1-23(2)16-29-32(33,30-17-23)26(15-18-10-7-6-8-11-18)34-25(5)22(27)31-21-20-19(12-9-13-28-20)14-24(21,3)4/h6-13H,14-17H2,1-5H3. The van der Waals surface area contributed by atoms with Crippen molar-refractivity contribution >= 4 is 36.7 Å². The van der Waals surface area contributed by atoms with Crippen molar-refractivity contribution in [2.75, 3.05) is 20.3 Å². The molecule has 0 aromatic heterocycles. The lowest BCUT2D eigenvalue weighted by Crippen LogP contribution is -2.34. The first-order valence-corrected chi connectivity index (χ1v) is 14.4. The summed E-state index contributed by atoms with van der Waals surface area (Å²) >= 11 is 7.05. The van der Waals surface area contributed by atoms with Crippen LogP contribution in [0.15, 0.2) is 65.8 Å². The molecule has 7 nitrogen and oxygen atoms in total. The van der Waals surface area contributed by atoms with Gasteiger partial charge < -0.3 is 18.5 Å². The Hall–Kier alpha value is -1.61. The smallest absolute Gasteiger partial charge is 0.425 e. The summed E-state index contributed by atoms with van der Waals surface area (Å²) in [4.78, 5) is 13.2. The van der Waals surface area contributed by atoms with E-state index in [1.165, 1.54) is 4.31 Å². The van der Waals surface area contributed by atoms with E-state index in [-0.39, 0.29) is 10.8 Å². The van der Waals surface area contributed by atoms with Crippen LogP contribution in [0, 0.1) is 10.8 Å². The number of hydrogen-bond donors (Lipinski definition) is 0. The predicted molar refractivity (Wildman–Crippen MR) is 138 cm³/mol. The topological polar surface area (TPSA) is 60.5 Å². The van der Waals surface area contributed by atoms with Gasteiger partial charge in [0.15, 0.2) is 11.5 Å². The Labute approximate surface area is 211 Å². The van der Waals surface area contributed by atoms with Gasteiger partial charge in [-0.15, -0.1) is 0 Å². The zero-order valence-corrected chi connectivity index (χ0v) is 22.7. The van der Waals surface area contributed by atoms with Gasteiger partial charge in [0.1, 0.15) is 0 Å². The number of benzene rings is 1. The first kappa shape index (κ1) is 25.5. The minimum absolute atomic E-state index is 0.113. The second-order valence-electron chi connectivity index (χ2n) is 9.98. The largest absolute Gasteiger partial charge is 0.461 e. The highest BCUT2D eigenvalue weighted by Crippen LogP contribution is 2.60. The van der Waals surface area contributed by atoms with Crippen molar-refractivity contribution in [1.29, 1.82) is 0 Å². The van der Waals surface area contributed by atoms with E-state index in [1.54, 1.807) is 13.3 Å². The summed E-state index contributed by atoms with van der Waals surface area (Å²) in [6.45, 7) is 6.85. The van der Waals surface area contributed by atoms with Crippen LogP contribution in [0.2, 0.25) is 0 Å². The Morgan fingerprint density at radius 1 is 1.18 bits per heavy atom. The van der Waals surface area contributed by atoms with Gasteiger partial charge in [-0.25, -0.2) is 9.10 Å². The number of fused-ring (bicyclic) bond motifs is 1. The molecule has 0 unspecified atom stereocenters. The van der Waals surface area contributed by atoms with E-state index in [2.05, 4.69) is 13.8 Å². The Balaban J connectivity index is 1.51. The number of amides is 1. The summed E-state index contributed by atoms with van der Waals surface area (Å²) in [7, 11) is 1.66. The molecule has 0 radical (unpaired) electrons. The Kier molecular flexibility index (Phi) is 7.34. The third kappa shape index (κ3) is 5.61. The normalized spacial score (nSPS) is 22.1. The SMILES string of the molecule is CN(SN(Cc1ccccc1)P1(=S)OCC(C)(C)CO1)C(=O)OC1=C2OC=CC=C2CC1(C)C. The molecule has 3 aliphatic rings. The maximum Gasteiger partial charge on any atom is 0.425 e. The van der Waals surface area contributed by atoms with Gasteiger partial charge in [-0.05, 0) is 35.4 Å². The van der Waals surface area contributed by atoms with Crippen LogP contribution in [0.3, 0.4) is 0 Å². The first-order valence-electron chi connectivity index (χ1n) is 11.1. The van der Waals surface area contributed by atoms with E-state index in [0.717, 1.165) is 29.7 Å². The molecule has 0 N–H and O–H groups in total. The van der Waals surface area contributed by atoms with E-state index >= 15 is 0 Å². The maximum absolute atomic E-state index is 13.2. The lowest BCUT2D eigenvalue weighted by atomic mass is 9.90. The van der Waals surface area contributed by atoms with Crippen LogP contribution in [0.5, 0.6) is 0 Å². The highest BCUT2D eigenvalue weighted by atomic mass is 32.5. The summed E-state index contributed by atoms with van der Waals surface area (Å²) < 4.78 is 27.1. The third-order valence-corrected chi connectivity index (χ3v) is 10.3. The zero-order chi connectivity index (χ0) is 24.6. The van der Waals surface area contributed by atoms with E-state index in [0.29, 0.717) is 31.3 Å².